The standard InChI is InChI=1S/C18H32N4O/c1-22(16-2-4-20-5-3-16)17(23)21-11-18(19)14-7-12-6-13(9-14)10-15(18)8-12/h12-16,20H,2-11,19H2,1H3,(H,21,23). The predicted molar refractivity (Wildman–Crippen MR) is 91.0 cm³/mol. The molecule has 4 aliphatic carbocycles. The second kappa shape index (κ2) is 5.92. The molecule has 2 amide bonds. The number of hydrogen-bond acceptors (Lipinski definition) is 3. The van der Waals surface area contributed by atoms with Crippen molar-refractivity contribution >= 4 is 6.03 Å². The van der Waals surface area contributed by atoms with E-state index in [0.29, 0.717) is 24.4 Å². The average molecular weight is 320 g/mol. The van der Waals surface area contributed by atoms with E-state index in [1.165, 1.54) is 32.1 Å². The molecule has 0 aromatic heterocycles. The highest BCUT2D eigenvalue weighted by Gasteiger charge is 2.55. The number of carbonyl (C=O) groups excluding carboxylic acids is 1. The van der Waals surface area contributed by atoms with E-state index in [0.717, 1.165) is 37.8 Å². The van der Waals surface area contributed by atoms with Crippen LogP contribution < -0.4 is 16.4 Å². The zero-order chi connectivity index (χ0) is 16.0. The lowest BCUT2D eigenvalue weighted by Gasteiger charge is -2.60. The van der Waals surface area contributed by atoms with Crippen LogP contribution in [0.15, 0.2) is 0 Å². The minimum absolute atomic E-state index is 0.0653. The summed E-state index contributed by atoms with van der Waals surface area (Å²) in [6.07, 6.45) is 8.71. The van der Waals surface area contributed by atoms with Crippen LogP contribution in [0.4, 0.5) is 4.79 Å². The summed E-state index contributed by atoms with van der Waals surface area (Å²) in [5.41, 5.74) is 6.72. The second-order valence-corrected chi connectivity index (χ2v) is 8.67. The molecule has 4 bridgehead atoms. The maximum Gasteiger partial charge on any atom is 0.317 e. The third-order valence-corrected chi connectivity index (χ3v) is 7.38. The van der Waals surface area contributed by atoms with E-state index in [1.54, 1.807) is 0 Å². The third kappa shape index (κ3) is 2.76. The first-order chi connectivity index (χ1) is 11.1. The Morgan fingerprint density at radius 2 is 1.70 bits per heavy atom. The van der Waals surface area contributed by atoms with E-state index < -0.39 is 0 Å². The Balaban J connectivity index is 1.35. The topological polar surface area (TPSA) is 70.4 Å². The normalized spacial score (nSPS) is 42.7. The van der Waals surface area contributed by atoms with Crippen molar-refractivity contribution in [2.75, 3.05) is 26.7 Å². The molecule has 1 heterocycles. The zero-order valence-corrected chi connectivity index (χ0v) is 14.4. The molecule has 4 N–H and O–H groups in total. The molecule has 5 rings (SSSR count). The number of nitrogens with one attached hydrogen (secondary N) is 2. The van der Waals surface area contributed by atoms with Gasteiger partial charge in [-0.1, -0.05) is 0 Å². The van der Waals surface area contributed by atoms with Gasteiger partial charge >= 0.3 is 6.03 Å². The van der Waals surface area contributed by atoms with E-state index in [1.807, 2.05) is 11.9 Å². The van der Waals surface area contributed by atoms with Gasteiger partial charge in [-0.15, -0.1) is 0 Å². The summed E-state index contributed by atoms with van der Waals surface area (Å²) in [7, 11) is 1.94. The molecule has 0 aromatic carbocycles. The van der Waals surface area contributed by atoms with Gasteiger partial charge in [-0.2, -0.15) is 0 Å². The van der Waals surface area contributed by atoms with Gasteiger partial charge in [-0.3, -0.25) is 0 Å². The first kappa shape index (κ1) is 15.7. The number of hydrogen-bond donors (Lipinski definition) is 3. The van der Waals surface area contributed by atoms with Crippen molar-refractivity contribution in [1.29, 1.82) is 0 Å². The Kier molecular flexibility index (Phi) is 4.04. The Hall–Kier alpha value is -0.810. The van der Waals surface area contributed by atoms with Gasteiger partial charge in [0.1, 0.15) is 0 Å². The summed E-state index contributed by atoms with van der Waals surface area (Å²) in [5, 5.41) is 6.54. The average Bonchev–Trinajstić information content (AvgIpc) is 2.57. The van der Waals surface area contributed by atoms with Gasteiger partial charge in [0, 0.05) is 25.2 Å². The van der Waals surface area contributed by atoms with Gasteiger partial charge in [0.2, 0.25) is 0 Å². The highest BCUT2D eigenvalue weighted by Crippen LogP contribution is 2.57. The van der Waals surface area contributed by atoms with Crippen molar-refractivity contribution in [2.45, 2.75) is 56.5 Å². The van der Waals surface area contributed by atoms with E-state index in [-0.39, 0.29) is 11.6 Å². The molecule has 5 nitrogen and oxygen atoms in total. The van der Waals surface area contributed by atoms with Crippen molar-refractivity contribution < 1.29 is 4.79 Å². The van der Waals surface area contributed by atoms with Crippen LogP contribution in [0.5, 0.6) is 0 Å². The van der Waals surface area contributed by atoms with Crippen molar-refractivity contribution in [3.63, 3.8) is 0 Å². The molecule has 0 spiro atoms. The van der Waals surface area contributed by atoms with Gasteiger partial charge in [0.25, 0.3) is 0 Å². The van der Waals surface area contributed by atoms with Crippen molar-refractivity contribution in [3.05, 3.63) is 0 Å². The number of rotatable bonds is 3. The minimum atomic E-state index is -0.155. The van der Waals surface area contributed by atoms with Gasteiger partial charge in [-0.25, -0.2) is 4.79 Å². The Labute approximate surface area is 139 Å². The molecule has 5 aliphatic rings. The molecule has 4 saturated carbocycles. The molecule has 5 fully saturated rings. The van der Waals surface area contributed by atoms with E-state index in [9.17, 15) is 4.79 Å². The number of urea groups is 1. The summed E-state index contributed by atoms with van der Waals surface area (Å²) >= 11 is 0. The molecule has 0 aromatic rings. The van der Waals surface area contributed by atoms with Crippen molar-refractivity contribution in [2.24, 2.45) is 29.4 Å². The molecule has 0 atom stereocenters. The summed E-state index contributed by atoms with van der Waals surface area (Å²) in [5.74, 6) is 3.09. The van der Waals surface area contributed by atoms with E-state index >= 15 is 0 Å². The summed E-state index contributed by atoms with van der Waals surface area (Å²) in [4.78, 5) is 14.5. The molecule has 1 aliphatic heterocycles. The van der Waals surface area contributed by atoms with Crippen LogP contribution in [0.1, 0.15) is 44.9 Å². The van der Waals surface area contributed by atoms with Crippen LogP contribution in [0.3, 0.4) is 0 Å². The van der Waals surface area contributed by atoms with E-state index in [4.69, 9.17) is 5.73 Å². The Bertz CT molecular complexity index is 432. The molecule has 5 heteroatoms. The van der Waals surface area contributed by atoms with Gasteiger partial charge in [0.05, 0.1) is 0 Å². The van der Waals surface area contributed by atoms with Gasteiger partial charge in [0.15, 0.2) is 0 Å². The number of piperidine rings is 1. The van der Waals surface area contributed by atoms with Crippen LogP contribution in [0.2, 0.25) is 0 Å². The first-order valence-corrected chi connectivity index (χ1v) is 9.56. The number of carbonyl (C=O) groups is 1. The fourth-order valence-electron chi connectivity index (χ4n) is 6.06. The smallest absolute Gasteiger partial charge is 0.317 e. The molecule has 0 unspecified atom stereocenters. The maximum absolute atomic E-state index is 12.6. The van der Waals surface area contributed by atoms with E-state index in [2.05, 4.69) is 10.6 Å². The highest BCUT2D eigenvalue weighted by molar-refractivity contribution is 5.74. The monoisotopic (exact) mass is 320 g/mol. The van der Waals surface area contributed by atoms with Crippen molar-refractivity contribution in [3.8, 4) is 0 Å². The summed E-state index contributed by atoms with van der Waals surface area (Å²) in [6, 6.07) is 0.430. The Morgan fingerprint density at radius 3 is 2.26 bits per heavy atom. The van der Waals surface area contributed by atoms with Crippen LogP contribution in [-0.4, -0.2) is 49.2 Å². The molecule has 130 valence electrons. The fourth-order valence-corrected chi connectivity index (χ4v) is 6.06. The summed E-state index contributed by atoms with van der Waals surface area (Å²) < 4.78 is 0. The SMILES string of the molecule is CN(C(=O)NCC1(N)C2CC3CC(C2)CC1C3)C1CCNCC1. The first-order valence-electron chi connectivity index (χ1n) is 9.56. The lowest BCUT2D eigenvalue weighted by molar-refractivity contribution is -0.0533. The predicted octanol–water partition coefficient (Wildman–Crippen LogP) is 1.53. The van der Waals surface area contributed by atoms with Crippen LogP contribution in [0, 0.1) is 23.7 Å². The quantitative estimate of drug-likeness (QED) is 0.738. The minimum Gasteiger partial charge on any atom is -0.336 e. The van der Waals surface area contributed by atoms with Crippen LogP contribution in [0.25, 0.3) is 0 Å². The lowest BCUT2D eigenvalue weighted by Crippen LogP contribution is -2.67. The highest BCUT2D eigenvalue weighted by atomic mass is 16.2. The fraction of sp³-hybridized carbons (Fsp3) is 0.944. The van der Waals surface area contributed by atoms with Crippen LogP contribution in [-0.2, 0) is 0 Å². The third-order valence-electron chi connectivity index (χ3n) is 7.38. The number of amides is 2. The van der Waals surface area contributed by atoms with Crippen molar-refractivity contribution in [1.82, 2.24) is 15.5 Å². The molecule has 23 heavy (non-hydrogen) atoms. The van der Waals surface area contributed by atoms with Crippen LogP contribution >= 0.6 is 0 Å². The second-order valence-electron chi connectivity index (χ2n) is 8.67. The zero-order valence-electron chi connectivity index (χ0n) is 14.4. The molecule has 0 radical (unpaired) electrons. The molecular weight excluding hydrogens is 288 g/mol. The van der Waals surface area contributed by atoms with Gasteiger partial charge < -0.3 is 21.3 Å². The Morgan fingerprint density at radius 1 is 1.13 bits per heavy atom. The number of nitrogens with zero attached hydrogens (tertiary/aromatic N) is 1. The molecule has 1 saturated heterocycles. The summed E-state index contributed by atoms with van der Waals surface area (Å²) in [6.45, 7) is 2.68. The lowest BCUT2D eigenvalue weighted by atomic mass is 9.49. The molecular formula is C18H32N4O. The largest absolute Gasteiger partial charge is 0.336 e. The van der Waals surface area contributed by atoms with Gasteiger partial charge in [-0.05, 0) is 81.7 Å². The number of nitrogens with two attached hydrogens (primary N) is 1. The maximum atomic E-state index is 12.6.